The van der Waals surface area contributed by atoms with Crippen LogP contribution in [0.2, 0.25) is 0 Å². The fourth-order valence-corrected chi connectivity index (χ4v) is 7.15. The van der Waals surface area contributed by atoms with Crippen LogP contribution in [0.5, 0.6) is 5.75 Å². The summed E-state index contributed by atoms with van der Waals surface area (Å²) in [5, 5.41) is 11.9. The highest BCUT2D eigenvalue weighted by molar-refractivity contribution is 7.91. The van der Waals surface area contributed by atoms with Crippen LogP contribution >= 0.6 is 0 Å². The third kappa shape index (κ3) is 9.52. The van der Waals surface area contributed by atoms with Gasteiger partial charge in [-0.25, -0.2) is 26.8 Å². The lowest BCUT2D eigenvalue weighted by molar-refractivity contribution is -0.169. The summed E-state index contributed by atoms with van der Waals surface area (Å²) in [6.45, 7) is 4.52. The van der Waals surface area contributed by atoms with E-state index in [9.17, 15) is 36.7 Å². The zero-order valence-corrected chi connectivity index (χ0v) is 27.7. The van der Waals surface area contributed by atoms with Gasteiger partial charge >= 0.3 is 18.0 Å². The Morgan fingerprint density at radius 1 is 0.979 bits per heavy atom. The minimum Gasteiger partial charge on any atom is -0.480 e. The monoisotopic (exact) mass is 687 g/mol. The van der Waals surface area contributed by atoms with Crippen molar-refractivity contribution in [1.29, 1.82) is 0 Å². The lowest BCUT2D eigenvalue weighted by atomic mass is 9.90. The van der Waals surface area contributed by atoms with Gasteiger partial charge in [0.15, 0.2) is 21.4 Å². The predicted molar refractivity (Wildman–Crippen MR) is 171 cm³/mol. The zero-order chi connectivity index (χ0) is 35.1. The number of nitrogens with one attached hydrogen (secondary N) is 1. The summed E-state index contributed by atoms with van der Waals surface area (Å²) in [7, 11) is -3.82. The second kappa shape index (κ2) is 15.6. The summed E-state index contributed by atoms with van der Waals surface area (Å²) in [5.41, 5.74) is 0.0391. The van der Waals surface area contributed by atoms with Crippen molar-refractivity contribution in [3.63, 3.8) is 0 Å². The number of rotatable bonds is 14. The van der Waals surface area contributed by atoms with Gasteiger partial charge in [0.1, 0.15) is 17.5 Å². The Kier molecular flexibility index (Phi) is 11.8. The fourth-order valence-electron chi connectivity index (χ4n) is 5.65. The lowest BCUT2D eigenvalue weighted by Crippen LogP contribution is -2.43. The molecule has 4 atom stereocenters. The Hall–Kier alpha value is -4.52. The first-order chi connectivity index (χ1) is 22.7. The predicted octanol–water partition coefficient (Wildman–Crippen LogP) is 6.17. The molecule has 1 fully saturated rings. The van der Waals surface area contributed by atoms with Gasteiger partial charge in [-0.1, -0.05) is 50.2 Å². The van der Waals surface area contributed by atoms with Gasteiger partial charge in [-0.05, 0) is 79.1 Å². The van der Waals surface area contributed by atoms with Crippen molar-refractivity contribution >= 4 is 27.9 Å². The number of benzene rings is 3. The van der Waals surface area contributed by atoms with Crippen LogP contribution in [0.25, 0.3) is 0 Å². The van der Waals surface area contributed by atoms with Gasteiger partial charge in [0.25, 0.3) is 0 Å². The fraction of sp³-hybridized carbons (Fsp3) is 0.400. The molecule has 0 spiro atoms. The van der Waals surface area contributed by atoms with E-state index in [1.54, 1.807) is 44.2 Å². The third-order valence-electron chi connectivity index (χ3n) is 8.20. The molecule has 0 aromatic heterocycles. The second-order valence-electron chi connectivity index (χ2n) is 12.2. The summed E-state index contributed by atoms with van der Waals surface area (Å²) < 4.78 is 71.3. The van der Waals surface area contributed by atoms with Crippen LogP contribution in [0.1, 0.15) is 57.6 Å². The highest BCUT2D eigenvalue weighted by Crippen LogP contribution is 2.47. The summed E-state index contributed by atoms with van der Waals surface area (Å²) in [5.74, 6) is -3.65. The number of para-hydroxylation sites is 1. The number of sulfone groups is 1. The van der Waals surface area contributed by atoms with Crippen molar-refractivity contribution in [2.24, 2.45) is 11.8 Å². The molecule has 0 bridgehead atoms. The van der Waals surface area contributed by atoms with Crippen molar-refractivity contribution in [3.05, 3.63) is 95.6 Å². The Bertz CT molecular complexity index is 1710. The number of carbonyl (C=O) groups excluding carboxylic acids is 2. The average molecular weight is 688 g/mol. The molecule has 10 nitrogen and oxygen atoms in total. The minimum atomic E-state index is -3.82. The topological polar surface area (TPSA) is 145 Å². The number of alkyl carbamates (subject to hydrolysis) is 1. The SMILES string of the molecule is CC(OC(=O)N[C@@H](Cc1cccc(S(=O)(=O)CCC2CCC(Oc3ccccc3F)(c3ccc(F)cc3)C2)c1)C(=O)O)OC(=O)C(C)C. The van der Waals surface area contributed by atoms with Gasteiger partial charge in [0, 0.05) is 13.3 Å². The second-order valence-corrected chi connectivity index (χ2v) is 14.3. The van der Waals surface area contributed by atoms with Crippen molar-refractivity contribution in [2.75, 3.05) is 5.75 Å². The maximum absolute atomic E-state index is 14.6. The van der Waals surface area contributed by atoms with Crippen molar-refractivity contribution < 1.29 is 50.9 Å². The molecule has 3 unspecified atom stereocenters. The van der Waals surface area contributed by atoms with E-state index in [1.165, 1.54) is 49.4 Å². The molecular formula is C35H39F2NO9S. The van der Waals surface area contributed by atoms with Crippen LogP contribution in [-0.4, -0.2) is 49.6 Å². The number of carboxylic acid groups (broad SMARTS) is 1. The first kappa shape index (κ1) is 36.3. The first-order valence-corrected chi connectivity index (χ1v) is 17.2. The Labute approximate surface area is 278 Å². The van der Waals surface area contributed by atoms with Crippen molar-refractivity contribution in [3.8, 4) is 5.75 Å². The molecule has 48 heavy (non-hydrogen) atoms. The summed E-state index contributed by atoms with van der Waals surface area (Å²) in [6, 6.07) is 16.2. The standard InChI is InChI=1S/C35H39F2NO9S/c1-22(2)33(41)45-23(3)46-34(42)38-30(32(39)40)20-25-7-6-8-28(19-25)48(43,44)18-16-24-15-17-35(21-24,26-11-13-27(36)14-12-26)47-31-10-5-4-9-29(31)37/h4-14,19,22-24,30H,15-18,20-21H2,1-3H3,(H,38,42)(H,39,40)/t23?,24?,30-,35?/m0/s1. The molecule has 2 N–H and O–H groups in total. The quantitative estimate of drug-likeness (QED) is 0.150. The molecule has 0 heterocycles. The highest BCUT2D eigenvalue weighted by Gasteiger charge is 2.43. The average Bonchev–Trinajstić information content (AvgIpc) is 3.45. The van der Waals surface area contributed by atoms with Gasteiger partial charge in [0.2, 0.25) is 6.29 Å². The Morgan fingerprint density at radius 2 is 1.69 bits per heavy atom. The van der Waals surface area contributed by atoms with Gasteiger partial charge in [-0.15, -0.1) is 0 Å². The van der Waals surface area contributed by atoms with E-state index < -0.39 is 63.4 Å². The van der Waals surface area contributed by atoms with Gasteiger partial charge in [0.05, 0.1) is 16.6 Å². The molecule has 0 saturated heterocycles. The van der Waals surface area contributed by atoms with E-state index in [4.69, 9.17) is 14.2 Å². The molecule has 13 heteroatoms. The molecule has 1 amide bonds. The van der Waals surface area contributed by atoms with Crippen LogP contribution in [0.4, 0.5) is 13.6 Å². The molecular weight excluding hydrogens is 648 g/mol. The Balaban J connectivity index is 1.41. The number of aliphatic carboxylic acids is 1. The zero-order valence-electron chi connectivity index (χ0n) is 26.9. The number of ether oxygens (including phenoxy) is 3. The minimum absolute atomic E-state index is 0.00802. The molecule has 4 rings (SSSR count). The van der Waals surface area contributed by atoms with E-state index in [0.717, 1.165) is 0 Å². The van der Waals surface area contributed by atoms with Crippen LogP contribution in [0, 0.1) is 23.5 Å². The number of halogens is 2. The number of carboxylic acids is 1. The van der Waals surface area contributed by atoms with E-state index in [0.29, 0.717) is 30.4 Å². The van der Waals surface area contributed by atoms with E-state index >= 15 is 0 Å². The molecule has 258 valence electrons. The third-order valence-corrected chi connectivity index (χ3v) is 9.94. The van der Waals surface area contributed by atoms with Gasteiger partial charge < -0.3 is 24.6 Å². The van der Waals surface area contributed by atoms with Gasteiger partial charge in [-0.2, -0.15) is 0 Å². The molecule has 1 saturated carbocycles. The van der Waals surface area contributed by atoms with E-state index in [-0.39, 0.29) is 35.2 Å². The van der Waals surface area contributed by atoms with E-state index in [1.807, 2.05) is 0 Å². The van der Waals surface area contributed by atoms with E-state index in [2.05, 4.69) is 5.32 Å². The molecule has 3 aromatic carbocycles. The normalized spacial score (nSPS) is 18.9. The number of esters is 1. The molecule has 1 aliphatic rings. The van der Waals surface area contributed by atoms with Crippen LogP contribution < -0.4 is 10.1 Å². The smallest absolute Gasteiger partial charge is 0.410 e. The van der Waals surface area contributed by atoms with Crippen LogP contribution in [0.3, 0.4) is 0 Å². The highest BCUT2D eigenvalue weighted by atomic mass is 32.2. The maximum atomic E-state index is 14.6. The molecule has 0 radical (unpaired) electrons. The largest absolute Gasteiger partial charge is 0.480 e. The van der Waals surface area contributed by atoms with Crippen LogP contribution in [0.15, 0.2) is 77.7 Å². The molecule has 1 aliphatic carbocycles. The number of hydrogen-bond donors (Lipinski definition) is 2. The van der Waals surface area contributed by atoms with Crippen molar-refractivity contribution in [1.82, 2.24) is 5.32 Å². The van der Waals surface area contributed by atoms with Gasteiger partial charge in [-0.3, -0.25) is 4.79 Å². The molecule has 0 aliphatic heterocycles. The maximum Gasteiger partial charge on any atom is 0.410 e. The number of carbonyl (C=O) groups is 3. The summed E-state index contributed by atoms with van der Waals surface area (Å²) >= 11 is 0. The number of amides is 1. The summed E-state index contributed by atoms with van der Waals surface area (Å²) in [6.07, 6.45) is -0.890. The first-order valence-electron chi connectivity index (χ1n) is 15.6. The van der Waals surface area contributed by atoms with Crippen molar-refractivity contribution in [2.45, 2.75) is 75.7 Å². The number of hydrogen-bond acceptors (Lipinski definition) is 8. The lowest BCUT2D eigenvalue weighted by Gasteiger charge is -2.31. The Morgan fingerprint density at radius 3 is 2.35 bits per heavy atom. The van der Waals surface area contributed by atoms with Crippen LogP contribution in [-0.2, 0) is 40.9 Å². The summed E-state index contributed by atoms with van der Waals surface area (Å²) in [4.78, 5) is 35.9. The molecule has 3 aromatic rings.